The van der Waals surface area contributed by atoms with E-state index in [-0.39, 0.29) is 81.0 Å². The van der Waals surface area contributed by atoms with Gasteiger partial charge in [0.1, 0.15) is 12.1 Å². The Hall–Kier alpha value is -5.61. The fourth-order valence-corrected chi connectivity index (χ4v) is 8.54. The molecule has 2 aliphatic rings. The number of nitrogens with zero attached hydrogens (tertiary/aromatic N) is 1. The smallest absolute Gasteiger partial charge is 0.243 e. The lowest BCUT2D eigenvalue weighted by atomic mass is 9.42. The highest BCUT2D eigenvalue weighted by atomic mass is 16.5. The van der Waals surface area contributed by atoms with Crippen LogP contribution in [0.2, 0.25) is 0 Å². The van der Waals surface area contributed by atoms with Gasteiger partial charge >= 0.3 is 0 Å². The molecule has 0 aliphatic heterocycles. The maximum atomic E-state index is 13.8. The summed E-state index contributed by atoms with van der Waals surface area (Å²) in [6.45, 7) is 10.8. The Morgan fingerprint density at radius 3 is 2.22 bits per heavy atom. The minimum Gasteiger partial charge on any atom is -0.380 e. The molecule has 344 valence electrons. The molecule has 3 unspecified atom stereocenters. The van der Waals surface area contributed by atoms with E-state index in [1.165, 1.54) is 5.56 Å². The molecule has 2 saturated carbocycles. The van der Waals surface area contributed by atoms with Crippen molar-refractivity contribution >= 4 is 53.1 Å². The third-order valence-corrected chi connectivity index (χ3v) is 12.3. The molecule has 2 aliphatic carbocycles. The normalized spacial score (nSPS) is 18.3. The van der Waals surface area contributed by atoms with Gasteiger partial charge in [-0.3, -0.25) is 33.6 Å². The molecule has 4 rings (SSSR count). The summed E-state index contributed by atoms with van der Waals surface area (Å²) in [6.07, 6.45) is 6.64. The monoisotopic (exact) mass is 873 g/mol. The van der Waals surface area contributed by atoms with Crippen molar-refractivity contribution in [2.24, 2.45) is 34.6 Å². The summed E-state index contributed by atoms with van der Waals surface area (Å²) in [7, 11) is 0. The van der Waals surface area contributed by atoms with Gasteiger partial charge in [0.25, 0.3) is 0 Å². The van der Waals surface area contributed by atoms with Gasteiger partial charge in [0.2, 0.25) is 41.4 Å². The van der Waals surface area contributed by atoms with Crippen LogP contribution in [-0.4, -0.2) is 92.8 Å². The quantitative estimate of drug-likeness (QED) is 0.0621. The van der Waals surface area contributed by atoms with Crippen molar-refractivity contribution < 1.29 is 38.3 Å². The van der Waals surface area contributed by atoms with Crippen molar-refractivity contribution in [3.63, 3.8) is 0 Å². The van der Waals surface area contributed by atoms with Crippen LogP contribution in [0.3, 0.4) is 0 Å². The molecule has 0 radical (unpaired) electrons. The van der Waals surface area contributed by atoms with Crippen molar-refractivity contribution in [1.82, 2.24) is 26.6 Å². The van der Waals surface area contributed by atoms with Gasteiger partial charge in [-0.2, -0.15) is 0 Å². The SMILES string of the molecule is C=Cc1ccccc1N(Cc1ccccc1CC)C(=O)CCNC(=O)C12CCC1C(CNC(=O)CCOCCC(=O)N[C@H](C(=O)N[C@@H](CCCCN)C(=O)NCC(N)=O)C(C)C)C2. The molecule has 7 amide bonds. The van der Waals surface area contributed by atoms with Crippen LogP contribution in [0.5, 0.6) is 0 Å². The standard InChI is InChI=1S/C47H68N8O8/c1-5-32-13-7-8-15-34(32)30-55(38-17-10-9-14-33(38)6-2)42(59)19-24-50-46(62)47-22-18-36(47)35(27-47)28-51-40(57)20-25-63-26-21-41(58)54-43(31(3)4)45(61)53-37(16-11-12-23-48)44(60)52-29-39(49)56/h6-10,13-15,17,31,35-37,43H,2,5,11-12,16,18-30,48H2,1,3-4H3,(H2,49,56)(H,50,62)(H,51,57)(H,52,60)(H,53,61)(H,54,58)/t35?,36?,37-,43-,47?/m0/s1. The van der Waals surface area contributed by atoms with Gasteiger partial charge in [-0.05, 0) is 92.0 Å². The summed E-state index contributed by atoms with van der Waals surface area (Å²) in [4.78, 5) is 91.4. The maximum Gasteiger partial charge on any atom is 0.243 e. The van der Waals surface area contributed by atoms with Crippen LogP contribution in [0.15, 0.2) is 55.1 Å². The van der Waals surface area contributed by atoms with Gasteiger partial charge in [-0.25, -0.2) is 0 Å². The Balaban J connectivity index is 1.15. The van der Waals surface area contributed by atoms with E-state index < -0.39 is 41.1 Å². The van der Waals surface area contributed by atoms with Crippen LogP contribution in [0, 0.1) is 23.2 Å². The van der Waals surface area contributed by atoms with Crippen LogP contribution in [0.1, 0.15) is 95.2 Å². The number of amides is 7. The summed E-state index contributed by atoms with van der Waals surface area (Å²) in [5.74, 6) is -2.51. The molecular formula is C47H68N8O8. The molecule has 16 heteroatoms. The van der Waals surface area contributed by atoms with Crippen molar-refractivity contribution in [2.75, 3.05) is 44.3 Å². The van der Waals surface area contributed by atoms with E-state index in [0.717, 1.165) is 36.1 Å². The lowest BCUT2D eigenvalue weighted by molar-refractivity contribution is -0.172. The molecule has 63 heavy (non-hydrogen) atoms. The number of para-hydroxylation sites is 1. The number of aryl methyl sites for hydroxylation is 1. The molecule has 0 bridgehead atoms. The van der Waals surface area contributed by atoms with Gasteiger partial charge in [-0.1, -0.05) is 75.9 Å². The number of carbonyl (C=O) groups is 7. The van der Waals surface area contributed by atoms with Gasteiger partial charge in [0.05, 0.1) is 37.4 Å². The van der Waals surface area contributed by atoms with Gasteiger partial charge in [-0.15, -0.1) is 0 Å². The van der Waals surface area contributed by atoms with E-state index in [1.807, 2.05) is 42.5 Å². The van der Waals surface area contributed by atoms with Crippen molar-refractivity contribution in [2.45, 2.75) is 104 Å². The van der Waals surface area contributed by atoms with Crippen molar-refractivity contribution in [3.8, 4) is 0 Å². The first-order valence-electron chi connectivity index (χ1n) is 22.3. The number of nitrogens with two attached hydrogens (primary N) is 2. The first-order chi connectivity index (χ1) is 30.2. The fraction of sp³-hybridized carbons (Fsp3) is 0.553. The molecule has 9 N–H and O–H groups in total. The van der Waals surface area contributed by atoms with E-state index in [2.05, 4.69) is 46.2 Å². The van der Waals surface area contributed by atoms with Gasteiger partial charge in [0.15, 0.2) is 0 Å². The number of benzene rings is 2. The van der Waals surface area contributed by atoms with Crippen molar-refractivity contribution in [1.29, 1.82) is 0 Å². The second kappa shape index (κ2) is 24.9. The molecule has 0 spiro atoms. The zero-order chi connectivity index (χ0) is 45.9. The Kier molecular flexibility index (Phi) is 19.8. The number of fused-ring (bicyclic) bond motifs is 1. The van der Waals surface area contributed by atoms with Crippen LogP contribution >= 0.6 is 0 Å². The van der Waals surface area contributed by atoms with E-state index in [4.69, 9.17) is 16.2 Å². The fourth-order valence-electron chi connectivity index (χ4n) is 8.54. The number of hydrogen-bond acceptors (Lipinski definition) is 9. The number of unbranched alkanes of at least 4 members (excludes halogenated alkanes) is 1. The first kappa shape index (κ1) is 50.0. The number of hydrogen-bond donors (Lipinski definition) is 7. The summed E-state index contributed by atoms with van der Waals surface area (Å²) in [6, 6.07) is 13.9. The van der Waals surface area contributed by atoms with Crippen LogP contribution in [0.4, 0.5) is 5.69 Å². The average Bonchev–Trinajstić information content (AvgIpc) is 3.26. The minimum atomic E-state index is -0.936. The first-order valence-corrected chi connectivity index (χ1v) is 22.3. The van der Waals surface area contributed by atoms with Gasteiger partial charge < -0.3 is 47.7 Å². The number of nitrogens with one attached hydrogen (secondary N) is 5. The largest absolute Gasteiger partial charge is 0.380 e. The molecule has 16 nitrogen and oxygen atoms in total. The van der Waals surface area contributed by atoms with E-state index in [1.54, 1.807) is 24.8 Å². The zero-order valence-electron chi connectivity index (χ0n) is 37.2. The summed E-state index contributed by atoms with van der Waals surface area (Å²) in [5, 5.41) is 13.8. The maximum absolute atomic E-state index is 13.8. The Morgan fingerprint density at radius 1 is 0.889 bits per heavy atom. The minimum absolute atomic E-state index is 0.0314. The highest BCUT2D eigenvalue weighted by molar-refractivity contribution is 5.96. The molecule has 0 heterocycles. The van der Waals surface area contributed by atoms with E-state index in [9.17, 15) is 33.6 Å². The predicted molar refractivity (Wildman–Crippen MR) is 241 cm³/mol. The lowest BCUT2D eigenvalue weighted by Crippen LogP contribution is -2.64. The molecule has 5 atom stereocenters. The third kappa shape index (κ3) is 14.2. The molecule has 2 fully saturated rings. The number of carbonyl (C=O) groups excluding carboxylic acids is 7. The summed E-state index contributed by atoms with van der Waals surface area (Å²) in [5.41, 5.74) is 14.1. The highest BCUT2D eigenvalue weighted by Gasteiger charge is 2.63. The molecule has 0 aromatic heterocycles. The Morgan fingerprint density at radius 2 is 1.59 bits per heavy atom. The summed E-state index contributed by atoms with van der Waals surface area (Å²) >= 11 is 0. The predicted octanol–water partition coefficient (Wildman–Crippen LogP) is 2.62. The van der Waals surface area contributed by atoms with Gasteiger partial charge in [0, 0.05) is 32.4 Å². The van der Waals surface area contributed by atoms with E-state index >= 15 is 0 Å². The number of primary amides is 1. The molecule has 2 aromatic rings. The topological polar surface area (TPSA) is 244 Å². The van der Waals surface area contributed by atoms with Crippen LogP contribution in [0.25, 0.3) is 6.08 Å². The number of rotatable bonds is 28. The molecule has 2 aromatic carbocycles. The summed E-state index contributed by atoms with van der Waals surface area (Å²) < 4.78 is 5.56. The third-order valence-electron chi connectivity index (χ3n) is 12.3. The Labute approximate surface area is 371 Å². The van der Waals surface area contributed by atoms with E-state index in [0.29, 0.717) is 45.3 Å². The average molecular weight is 873 g/mol. The highest BCUT2D eigenvalue weighted by Crippen LogP contribution is 2.64. The van der Waals surface area contributed by atoms with Crippen molar-refractivity contribution in [3.05, 3.63) is 71.8 Å². The van der Waals surface area contributed by atoms with Crippen LogP contribution < -0.4 is 43.0 Å². The molecular weight excluding hydrogens is 805 g/mol. The lowest BCUT2D eigenvalue weighted by Gasteiger charge is -2.62. The molecule has 0 saturated heterocycles. The second-order valence-electron chi connectivity index (χ2n) is 16.9. The second-order valence-corrected chi connectivity index (χ2v) is 16.9. The number of anilines is 1. The number of ether oxygens (including phenoxy) is 1. The van der Waals surface area contributed by atoms with Crippen LogP contribution in [-0.2, 0) is 51.3 Å². The Bertz CT molecular complexity index is 1920. The zero-order valence-corrected chi connectivity index (χ0v) is 37.2.